The minimum absolute atomic E-state index is 0. The summed E-state index contributed by atoms with van der Waals surface area (Å²) in [5.41, 5.74) is 5.68. The fourth-order valence-electron chi connectivity index (χ4n) is 1.21. The summed E-state index contributed by atoms with van der Waals surface area (Å²) in [5.74, 6) is 0. The summed E-state index contributed by atoms with van der Waals surface area (Å²) in [6.45, 7) is 2.55. The van der Waals surface area contributed by atoms with Crippen molar-refractivity contribution in [1.82, 2.24) is 4.90 Å². The second-order valence-corrected chi connectivity index (χ2v) is 2.77. The van der Waals surface area contributed by atoms with Crippen molar-refractivity contribution in [2.45, 2.75) is 18.9 Å². The van der Waals surface area contributed by atoms with Crippen molar-refractivity contribution >= 4 is 24.8 Å². The Kier molecular flexibility index (Phi) is 9.23. The lowest BCUT2D eigenvalue weighted by atomic mass is 10.1. The van der Waals surface area contributed by atoms with E-state index in [1.165, 1.54) is 0 Å². The van der Waals surface area contributed by atoms with E-state index in [2.05, 4.69) is 11.0 Å². The summed E-state index contributed by atoms with van der Waals surface area (Å²) in [5, 5.41) is 8.36. The molecule has 0 unspecified atom stereocenters. The molecule has 1 aliphatic heterocycles. The van der Waals surface area contributed by atoms with E-state index >= 15 is 0 Å². The molecule has 1 saturated heterocycles. The van der Waals surface area contributed by atoms with Crippen LogP contribution in [0.3, 0.4) is 0 Å². The lowest BCUT2D eigenvalue weighted by molar-refractivity contribution is 0.236. The summed E-state index contributed by atoms with van der Waals surface area (Å²) >= 11 is 0. The van der Waals surface area contributed by atoms with Gasteiger partial charge in [0.1, 0.15) is 0 Å². The maximum Gasteiger partial charge on any atom is 0.0866 e. The Hall–Kier alpha value is -0.0100. The normalized spacial score (nSPS) is 18.7. The first-order valence-corrected chi connectivity index (χ1v) is 3.68. The summed E-state index contributed by atoms with van der Waals surface area (Å²) in [7, 11) is 0. The third-order valence-electron chi connectivity index (χ3n) is 1.93. The molecule has 2 N–H and O–H groups in total. The van der Waals surface area contributed by atoms with Crippen molar-refractivity contribution in [2.24, 2.45) is 5.73 Å². The van der Waals surface area contributed by atoms with Crippen LogP contribution >= 0.6 is 24.8 Å². The number of piperidine rings is 1. The summed E-state index contributed by atoms with van der Waals surface area (Å²) < 4.78 is 0. The Balaban J connectivity index is 0. The highest BCUT2D eigenvalue weighted by molar-refractivity contribution is 5.85. The van der Waals surface area contributed by atoms with Gasteiger partial charge in [-0.15, -0.1) is 24.8 Å². The van der Waals surface area contributed by atoms with Crippen LogP contribution in [0, 0.1) is 11.3 Å². The van der Waals surface area contributed by atoms with Crippen LogP contribution in [-0.2, 0) is 0 Å². The van der Waals surface area contributed by atoms with E-state index < -0.39 is 0 Å². The van der Waals surface area contributed by atoms with Crippen LogP contribution in [0.2, 0.25) is 0 Å². The van der Waals surface area contributed by atoms with Gasteiger partial charge in [-0.1, -0.05) is 0 Å². The molecule has 12 heavy (non-hydrogen) atoms. The lowest BCUT2D eigenvalue weighted by Crippen LogP contribution is -2.39. The molecule has 0 saturated carbocycles. The van der Waals surface area contributed by atoms with Gasteiger partial charge in [-0.05, 0) is 12.8 Å². The molecule has 0 spiro atoms. The molecule has 5 heteroatoms. The Bertz CT molecular complexity index is 138. The van der Waals surface area contributed by atoms with Gasteiger partial charge in [0.15, 0.2) is 0 Å². The average Bonchev–Trinajstić information content (AvgIpc) is 1.95. The number of hydrogen-bond acceptors (Lipinski definition) is 3. The van der Waals surface area contributed by atoms with Crippen molar-refractivity contribution in [3.8, 4) is 6.07 Å². The molecular weight excluding hydrogens is 197 g/mol. The molecule has 1 rings (SSSR count). The molecule has 0 radical (unpaired) electrons. The van der Waals surface area contributed by atoms with Gasteiger partial charge in [0.25, 0.3) is 0 Å². The molecule has 0 aromatic rings. The van der Waals surface area contributed by atoms with Gasteiger partial charge in [-0.3, -0.25) is 4.90 Å². The number of halogens is 2. The molecule has 0 aliphatic carbocycles. The predicted octanol–water partition coefficient (Wildman–Crippen LogP) is 0.777. The molecule has 0 aromatic heterocycles. The number of nitrogens with zero attached hydrogens (tertiary/aromatic N) is 2. The molecule has 72 valence electrons. The smallest absolute Gasteiger partial charge is 0.0866 e. The standard InChI is InChI=1S/C7H13N3.2ClH/c8-3-6-10-4-1-7(9)2-5-10;;/h7H,1-2,4-6,9H2;2*1H. The summed E-state index contributed by atoms with van der Waals surface area (Å²) in [6.07, 6.45) is 2.09. The van der Waals surface area contributed by atoms with Gasteiger partial charge in [0.2, 0.25) is 0 Å². The zero-order valence-corrected chi connectivity index (χ0v) is 8.53. The van der Waals surface area contributed by atoms with Crippen LogP contribution in [-0.4, -0.2) is 30.6 Å². The van der Waals surface area contributed by atoms with E-state index in [4.69, 9.17) is 11.0 Å². The third kappa shape index (κ3) is 4.78. The van der Waals surface area contributed by atoms with Crippen molar-refractivity contribution in [3.63, 3.8) is 0 Å². The zero-order chi connectivity index (χ0) is 7.40. The first kappa shape index (κ1) is 14.5. The van der Waals surface area contributed by atoms with Crippen LogP contribution < -0.4 is 5.73 Å². The summed E-state index contributed by atoms with van der Waals surface area (Å²) in [6, 6.07) is 2.51. The highest BCUT2D eigenvalue weighted by Crippen LogP contribution is 2.06. The van der Waals surface area contributed by atoms with Crippen LogP contribution in [0.1, 0.15) is 12.8 Å². The molecule has 0 bridgehead atoms. The maximum absolute atomic E-state index is 8.36. The molecule has 0 amide bonds. The molecule has 1 aliphatic rings. The molecule has 1 heterocycles. The quantitative estimate of drug-likeness (QED) is 0.653. The molecular formula is C7H15Cl2N3. The number of nitrogens with two attached hydrogens (primary N) is 1. The second-order valence-electron chi connectivity index (χ2n) is 2.77. The van der Waals surface area contributed by atoms with Gasteiger partial charge >= 0.3 is 0 Å². The molecule has 1 fully saturated rings. The fourth-order valence-corrected chi connectivity index (χ4v) is 1.21. The van der Waals surface area contributed by atoms with Crippen molar-refractivity contribution in [1.29, 1.82) is 5.26 Å². The van der Waals surface area contributed by atoms with E-state index in [-0.39, 0.29) is 24.8 Å². The molecule has 0 aromatic carbocycles. The molecule has 3 nitrogen and oxygen atoms in total. The van der Waals surface area contributed by atoms with E-state index in [1.807, 2.05) is 0 Å². The third-order valence-corrected chi connectivity index (χ3v) is 1.93. The predicted molar refractivity (Wildman–Crippen MR) is 53.8 cm³/mol. The van der Waals surface area contributed by atoms with Gasteiger partial charge in [-0.25, -0.2) is 0 Å². The van der Waals surface area contributed by atoms with Crippen LogP contribution in [0.4, 0.5) is 0 Å². The Morgan fingerprint density at radius 2 is 1.83 bits per heavy atom. The van der Waals surface area contributed by atoms with Crippen molar-refractivity contribution in [3.05, 3.63) is 0 Å². The minimum Gasteiger partial charge on any atom is -0.328 e. The summed E-state index contributed by atoms with van der Waals surface area (Å²) in [4.78, 5) is 2.14. The zero-order valence-electron chi connectivity index (χ0n) is 6.90. The Morgan fingerprint density at radius 3 is 2.25 bits per heavy atom. The SMILES string of the molecule is Cl.Cl.N#CCN1CCC(N)CC1. The van der Waals surface area contributed by atoms with Crippen LogP contribution in [0.5, 0.6) is 0 Å². The minimum atomic E-state index is 0. The largest absolute Gasteiger partial charge is 0.328 e. The highest BCUT2D eigenvalue weighted by Gasteiger charge is 2.14. The number of hydrogen-bond donors (Lipinski definition) is 1. The number of nitriles is 1. The van der Waals surface area contributed by atoms with E-state index in [9.17, 15) is 0 Å². The van der Waals surface area contributed by atoms with Crippen molar-refractivity contribution < 1.29 is 0 Å². The van der Waals surface area contributed by atoms with E-state index in [1.54, 1.807) is 0 Å². The van der Waals surface area contributed by atoms with Gasteiger partial charge in [0.05, 0.1) is 12.6 Å². The van der Waals surface area contributed by atoms with E-state index in [0.29, 0.717) is 12.6 Å². The topological polar surface area (TPSA) is 53.0 Å². The van der Waals surface area contributed by atoms with E-state index in [0.717, 1.165) is 25.9 Å². The van der Waals surface area contributed by atoms with Crippen LogP contribution in [0.25, 0.3) is 0 Å². The highest BCUT2D eigenvalue weighted by atomic mass is 35.5. The Labute approximate surface area is 85.7 Å². The van der Waals surface area contributed by atoms with Crippen LogP contribution in [0.15, 0.2) is 0 Å². The Morgan fingerprint density at radius 1 is 1.33 bits per heavy atom. The first-order valence-electron chi connectivity index (χ1n) is 3.68. The lowest BCUT2D eigenvalue weighted by Gasteiger charge is -2.27. The number of rotatable bonds is 1. The van der Waals surface area contributed by atoms with Gasteiger partial charge in [0, 0.05) is 19.1 Å². The monoisotopic (exact) mass is 211 g/mol. The molecule has 0 atom stereocenters. The van der Waals surface area contributed by atoms with Gasteiger partial charge < -0.3 is 5.73 Å². The first-order chi connectivity index (χ1) is 4.83. The van der Waals surface area contributed by atoms with Crippen molar-refractivity contribution in [2.75, 3.05) is 19.6 Å². The second kappa shape index (κ2) is 7.63. The maximum atomic E-state index is 8.36. The van der Waals surface area contributed by atoms with Gasteiger partial charge in [-0.2, -0.15) is 5.26 Å². The number of likely N-dealkylation sites (tertiary alicyclic amines) is 1. The fraction of sp³-hybridized carbons (Fsp3) is 0.857. The average molecular weight is 212 g/mol.